The second kappa shape index (κ2) is 8.30. The van der Waals surface area contributed by atoms with E-state index >= 15 is 0 Å². The predicted molar refractivity (Wildman–Crippen MR) is 103 cm³/mol. The van der Waals surface area contributed by atoms with E-state index in [4.69, 9.17) is 9.47 Å². The van der Waals surface area contributed by atoms with Gasteiger partial charge in [0.05, 0.1) is 19.3 Å². The summed E-state index contributed by atoms with van der Waals surface area (Å²) in [4.78, 5) is 26.6. The highest BCUT2D eigenvalue weighted by Gasteiger charge is 2.38. The normalized spacial score (nSPS) is 28.1. The van der Waals surface area contributed by atoms with Gasteiger partial charge < -0.3 is 19.7 Å². The molecule has 2 fully saturated rings. The van der Waals surface area contributed by atoms with Gasteiger partial charge in [0, 0.05) is 31.5 Å². The Morgan fingerprint density at radius 3 is 2.48 bits per heavy atom. The van der Waals surface area contributed by atoms with Crippen LogP contribution in [-0.2, 0) is 20.7 Å². The summed E-state index contributed by atoms with van der Waals surface area (Å²) < 4.78 is 10.9. The molecule has 148 valence electrons. The average Bonchev–Trinajstić information content (AvgIpc) is 3.00. The Morgan fingerprint density at radius 1 is 1.26 bits per heavy atom. The number of hydrogen-bond donors (Lipinski definition) is 1. The number of carbonyl (C=O) groups is 2. The fourth-order valence-electron chi connectivity index (χ4n) is 4.20. The zero-order valence-electron chi connectivity index (χ0n) is 16.5. The van der Waals surface area contributed by atoms with E-state index in [0.29, 0.717) is 32.4 Å². The van der Waals surface area contributed by atoms with Gasteiger partial charge in [0.1, 0.15) is 5.75 Å². The zero-order valence-corrected chi connectivity index (χ0v) is 16.5. The number of methoxy groups -OCH3 is 1. The lowest BCUT2D eigenvalue weighted by Crippen LogP contribution is -2.49. The van der Waals surface area contributed by atoms with E-state index in [-0.39, 0.29) is 29.6 Å². The van der Waals surface area contributed by atoms with Gasteiger partial charge in [-0.3, -0.25) is 9.59 Å². The number of nitrogens with one attached hydrogen (secondary N) is 1. The number of amides is 2. The molecule has 2 aliphatic rings. The molecule has 0 saturated carbocycles. The van der Waals surface area contributed by atoms with E-state index in [2.05, 4.69) is 5.32 Å². The van der Waals surface area contributed by atoms with E-state index in [1.807, 2.05) is 43.0 Å². The van der Waals surface area contributed by atoms with Crippen LogP contribution in [0.1, 0.15) is 45.1 Å². The Morgan fingerprint density at radius 2 is 1.93 bits per heavy atom. The summed E-state index contributed by atoms with van der Waals surface area (Å²) in [5.74, 6) is 1.03. The smallest absolute Gasteiger partial charge is 0.222 e. The maximum absolute atomic E-state index is 12.7. The van der Waals surface area contributed by atoms with Crippen molar-refractivity contribution in [2.24, 2.45) is 0 Å². The topological polar surface area (TPSA) is 67.9 Å². The molecule has 2 saturated heterocycles. The number of rotatable bonds is 6. The highest BCUT2D eigenvalue weighted by atomic mass is 16.5. The molecule has 27 heavy (non-hydrogen) atoms. The molecule has 3 rings (SSSR count). The largest absolute Gasteiger partial charge is 0.497 e. The van der Waals surface area contributed by atoms with E-state index < -0.39 is 0 Å². The van der Waals surface area contributed by atoms with Crippen molar-refractivity contribution < 1.29 is 19.1 Å². The first-order valence-electron chi connectivity index (χ1n) is 9.76. The van der Waals surface area contributed by atoms with Crippen LogP contribution in [0.25, 0.3) is 0 Å². The molecule has 2 heterocycles. The van der Waals surface area contributed by atoms with Gasteiger partial charge in [-0.05, 0) is 50.8 Å². The Labute approximate surface area is 161 Å². The Kier molecular flexibility index (Phi) is 6.05. The average molecular weight is 374 g/mol. The third-order valence-electron chi connectivity index (χ3n) is 5.53. The maximum Gasteiger partial charge on any atom is 0.222 e. The van der Waals surface area contributed by atoms with Gasteiger partial charge in [0.25, 0.3) is 0 Å². The SMILES string of the molecule is COc1ccc(CC2(CCC(=O)N3C[C@@H](C)O[C@@H](C)C3)CCC(=O)N2)cc1. The zero-order chi connectivity index (χ0) is 19.4. The molecule has 2 aliphatic heterocycles. The number of benzene rings is 1. The molecule has 0 radical (unpaired) electrons. The molecule has 1 N–H and O–H groups in total. The molecule has 6 heteroatoms. The molecule has 1 aromatic rings. The van der Waals surface area contributed by atoms with Gasteiger partial charge in [-0.2, -0.15) is 0 Å². The summed E-state index contributed by atoms with van der Waals surface area (Å²) in [6, 6.07) is 7.92. The Balaban J connectivity index is 1.64. The maximum atomic E-state index is 12.7. The molecular formula is C21H30N2O4. The number of hydrogen-bond acceptors (Lipinski definition) is 4. The standard InChI is InChI=1S/C21H30N2O4/c1-15-13-23(14-16(2)27-15)20(25)9-11-21(10-8-19(24)22-21)12-17-4-6-18(26-3)7-5-17/h4-7,15-16H,8-14H2,1-3H3,(H,22,24)/t15-,16+,21?. The first-order chi connectivity index (χ1) is 12.9. The Bertz CT molecular complexity index is 665. The molecule has 0 aromatic heterocycles. The lowest BCUT2D eigenvalue weighted by atomic mass is 9.85. The van der Waals surface area contributed by atoms with Crippen molar-refractivity contribution in [3.8, 4) is 5.75 Å². The second-order valence-corrected chi connectivity index (χ2v) is 7.91. The summed E-state index contributed by atoms with van der Waals surface area (Å²) in [5, 5.41) is 3.15. The second-order valence-electron chi connectivity index (χ2n) is 7.91. The van der Waals surface area contributed by atoms with E-state index in [1.165, 1.54) is 0 Å². The molecule has 2 amide bonds. The highest BCUT2D eigenvalue weighted by molar-refractivity contribution is 5.80. The number of morpholine rings is 1. The van der Waals surface area contributed by atoms with Crippen LogP contribution in [0.5, 0.6) is 5.75 Å². The van der Waals surface area contributed by atoms with Gasteiger partial charge in [-0.15, -0.1) is 0 Å². The quantitative estimate of drug-likeness (QED) is 0.830. The number of nitrogens with zero attached hydrogens (tertiary/aromatic N) is 1. The van der Waals surface area contributed by atoms with Gasteiger partial charge in [-0.1, -0.05) is 12.1 Å². The van der Waals surface area contributed by atoms with E-state index in [0.717, 1.165) is 24.2 Å². The van der Waals surface area contributed by atoms with Crippen molar-refractivity contribution in [3.63, 3.8) is 0 Å². The van der Waals surface area contributed by atoms with Crippen molar-refractivity contribution in [2.75, 3.05) is 20.2 Å². The lowest BCUT2D eigenvalue weighted by Gasteiger charge is -2.36. The summed E-state index contributed by atoms with van der Waals surface area (Å²) in [6.07, 6.45) is 3.25. The van der Waals surface area contributed by atoms with Crippen LogP contribution in [0.2, 0.25) is 0 Å². The van der Waals surface area contributed by atoms with Crippen LogP contribution in [0, 0.1) is 0 Å². The van der Waals surface area contributed by atoms with E-state index in [9.17, 15) is 9.59 Å². The molecule has 0 spiro atoms. The van der Waals surface area contributed by atoms with Crippen molar-refractivity contribution in [1.82, 2.24) is 10.2 Å². The van der Waals surface area contributed by atoms with Crippen LogP contribution in [0.4, 0.5) is 0 Å². The summed E-state index contributed by atoms with van der Waals surface area (Å²) in [6.45, 7) is 5.28. The number of carbonyl (C=O) groups excluding carboxylic acids is 2. The van der Waals surface area contributed by atoms with E-state index in [1.54, 1.807) is 7.11 Å². The Hall–Kier alpha value is -2.08. The first-order valence-corrected chi connectivity index (χ1v) is 9.76. The van der Waals surface area contributed by atoms with Crippen molar-refractivity contribution >= 4 is 11.8 Å². The molecule has 3 atom stereocenters. The van der Waals surface area contributed by atoms with Crippen LogP contribution < -0.4 is 10.1 Å². The minimum absolute atomic E-state index is 0.0668. The van der Waals surface area contributed by atoms with Gasteiger partial charge >= 0.3 is 0 Å². The predicted octanol–water partition coefficient (Wildman–Crippen LogP) is 2.30. The van der Waals surface area contributed by atoms with Gasteiger partial charge in [0.2, 0.25) is 11.8 Å². The molecule has 1 aromatic carbocycles. The monoisotopic (exact) mass is 374 g/mol. The summed E-state index contributed by atoms with van der Waals surface area (Å²) >= 11 is 0. The van der Waals surface area contributed by atoms with Crippen LogP contribution in [0.15, 0.2) is 24.3 Å². The minimum atomic E-state index is -0.342. The van der Waals surface area contributed by atoms with Crippen molar-refractivity contribution in [2.45, 2.75) is 63.7 Å². The molecule has 6 nitrogen and oxygen atoms in total. The first kappa shape index (κ1) is 19.7. The van der Waals surface area contributed by atoms with Crippen LogP contribution in [0.3, 0.4) is 0 Å². The molecule has 0 bridgehead atoms. The fraction of sp³-hybridized carbons (Fsp3) is 0.619. The van der Waals surface area contributed by atoms with Crippen molar-refractivity contribution in [3.05, 3.63) is 29.8 Å². The number of ether oxygens (including phenoxy) is 2. The third-order valence-corrected chi connectivity index (χ3v) is 5.53. The molecule has 1 unspecified atom stereocenters. The highest BCUT2D eigenvalue weighted by Crippen LogP contribution is 2.30. The summed E-state index contributed by atoms with van der Waals surface area (Å²) in [5.41, 5.74) is 0.796. The minimum Gasteiger partial charge on any atom is -0.497 e. The van der Waals surface area contributed by atoms with Gasteiger partial charge in [0.15, 0.2) is 0 Å². The fourth-order valence-corrected chi connectivity index (χ4v) is 4.20. The molecular weight excluding hydrogens is 344 g/mol. The van der Waals surface area contributed by atoms with Gasteiger partial charge in [-0.25, -0.2) is 0 Å². The van der Waals surface area contributed by atoms with Crippen LogP contribution in [-0.4, -0.2) is 54.7 Å². The van der Waals surface area contributed by atoms with Crippen LogP contribution >= 0.6 is 0 Å². The van der Waals surface area contributed by atoms with Crippen molar-refractivity contribution in [1.29, 1.82) is 0 Å². The summed E-state index contributed by atoms with van der Waals surface area (Å²) in [7, 11) is 1.65. The molecule has 0 aliphatic carbocycles. The lowest BCUT2D eigenvalue weighted by molar-refractivity contribution is -0.143. The third kappa shape index (κ3) is 5.01.